The van der Waals surface area contributed by atoms with Gasteiger partial charge in [0.1, 0.15) is 0 Å². The fourth-order valence-electron chi connectivity index (χ4n) is 2.26. The molecule has 0 spiro atoms. The number of nitrogens with zero attached hydrogens (tertiary/aromatic N) is 1. The lowest BCUT2D eigenvalue weighted by Crippen LogP contribution is -2.17. The second kappa shape index (κ2) is 6.82. The Balaban J connectivity index is 1.36. The van der Waals surface area contributed by atoms with Crippen LogP contribution >= 0.6 is 0 Å². The molecule has 0 amide bonds. The van der Waals surface area contributed by atoms with Crippen LogP contribution in [0.3, 0.4) is 0 Å². The van der Waals surface area contributed by atoms with E-state index in [2.05, 4.69) is 34.6 Å². The van der Waals surface area contributed by atoms with Crippen LogP contribution in [0, 0.1) is 5.92 Å². The van der Waals surface area contributed by atoms with E-state index in [0.29, 0.717) is 0 Å². The number of rotatable bonds is 8. The highest BCUT2D eigenvalue weighted by atomic mass is 16.5. The van der Waals surface area contributed by atoms with Crippen molar-refractivity contribution in [1.82, 2.24) is 10.3 Å². The SMILES string of the molecule is c1ccc2nc(CNCCCOCC3CC3)ccc2c1. The van der Waals surface area contributed by atoms with E-state index in [1.807, 2.05) is 12.1 Å². The van der Waals surface area contributed by atoms with Crippen LogP contribution in [0.5, 0.6) is 0 Å². The van der Waals surface area contributed by atoms with Gasteiger partial charge in [0, 0.05) is 25.1 Å². The van der Waals surface area contributed by atoms with Gasteiger partial charge >= 0.3 is 0 Å². The molecular weight excluding hydrogens is 248 g/mol. The monoisotopic (exact) mass is 270 g/mol. The Labute approximate surface area is 120 Å². The van der Waals surface area contributed by atoms with E-state index in [4.69, 9.17) is 4.74 Å². The predicted octanol–water partition coefficient (Wildman–Crippen LogP) is 3.14. The summed E-state index contributed by atoms with van der Waals surface area (Å²) in [5, 5.41) is 4.63. The first-order valence-corrected chi connectivity index (χ1v) is 7.55. The number of fused-ring (bicyclic) bond motifs is 1. The van der Waals surface area contributed by atoms with Crippen molar-refractivity contribution in [2.24, 2.45) is 5.92 Å². The summed E-state index contributed by atoms with van der Waals surface area (Å²) in [6.07, 6.45) is 3.80. The molecule has 3 nitrogen and oxygen atoms in total. The molecule has 0 aliphatic heterocycles. The molecule has 1 aliphatic carbocycles. The van der Waals surface area contributed by atoms with Gasteiger partial charge in [-0.2, -0.15) is 0 Å². The van der Waals surface area contributed by atoms with Crippen molar-refractivity contribution in [1.29, 1.82) is 0 Å². The lowest BCUT2D eigenvalue weighted by atomic mass is 10.2. The van der Waals surface area contributed by atoms with Crippen LogP contribution in [0.4, 0.5) is 0 Å². The first-order valence-electron chi connectivity index (χ1n) is 7.55. The van der Waals surface area contributed by atoms with Gasteiger partial charge in [0.2, 0.25) is 0 Å². The summed E-state index contributed by atoms with van der Waals surface area (Å²) in [5.41, 5.74) is 2.17. The van der Waals surface area contributed by atoms with E-state index < -0.39 is 0 Å². The van der Waals surface area contributed by atoms with Crippen molar-refractivity contribution in [3.05, 3.63) is 42.1 Å². The molecular formula is C17H22N2O. The molecule has 1 saturated carbocycles. The molecule has 1 fully saturated rings. The van der Waals surface area contributed by atoms with Crippen molar-refractivity contribution in [3.8, 4) is 0 Å². The zero-order valence-corrected chi connectivity index (χ0v) is 11.8. The summed E-state index contributed by atoms with van der Waals surface area (Å²) in [6, 6.07) is 12.5. The molecule has 3 rings (SSSR count). The van der Waals surface area contributed by atoms with Gasteiger partial charge in [-0.05, 0) is 43.9 Å². The smallest absolute Gasteiger partial charge is 0.0705 e. The van der Waals surface area contributed by atoms with Gasteiger partial charge < -0.3 is 10.1 Å². The van der Waals surface area contributed by atoms with Gasteiger partial charge in [-0.15, -0.1) is 0 Å². The second-order valence-electron chi connectivity index (χ2n) is 5.54. The third-order valence-electron chi connectivity index (χ3n) is 3.65. The average Bonchev–Trinajstić information content (AvgIpc) is 3.30. The number of pyridine rings is 1. The van der Waals surface area contributed by atoms with E-state index in [9.17, 15) is 0 Å². The largest absolute Gasteiger partial charge is 0.381 e. The zero-order chi connectivity index (χ0) is 13.6. The molecule has 3 heteroatoms. The third-order valence-corrected chi connectivity index (χ3v) is 3.65. The summed E-state index contributed by atoms with van der Waals surface area (Å²) in [4.78, 5) is 4.65. The molecule has 1 N–H and O–H groups in total. The Morgan fingerprint density at radius 2 is 2.05 bits per heavy atom. The molecule has 0 unspecified atom stereocenters. The molecule has 0 bridgehead atoms. The minimum atomic E-state index is 0.827. The van der Waals surface area contributed by atoms with Crippen LogP contribution in [0.2, 0.25) is 0 Å². The number of benzene rings is 1. The van der Waals surface area contributed by atoms with Crippen LogP contribution in [0.15, 0.2) is 36.4 Å². The average molecular weight is 270 g/mol. The maximum atomic E-state index is 5.61. The van der Waals surface area contributed by atoms with Crippen molar-refractivity contribution < 1.29 is 4.74 Å². The maximum Gasteiger partial charge on any atom is 0.0705 e. The number of ether oxygens (including phenoxy) is 1. The molecule has 2 aromatic rings. The lowest BCUT2D eigenvalue weighted by Gasteiger charge is -2.06. The Bertz CT molecular complexity index is 551. The second-order valence-corrected chi connectivity index (χ2v) is 5.54. The van der Waals surface area contributed by atoms with Gasteiger partial charge in [0.05, 0.1) is 11.2 Å². The van der Waals surface area contributed by atoms with Gasteiger partial charge in [0.25, 0.3) is 0 Å². The Morgan fingerprint density at radius 3 is 2.95 bits per heavy atom. The first-order chi connectivity index (χ1) is 9.92. The van der Waals surface area contributed by atoms with Gasteiger partial charge in [-0.3, -0.25) is 4.98 Å². The maximum absolute atomic E-state index is 5.61. The fraction of sp³-hybridized carbons (Fsp3) is 0.471. The van der Waals surface area contributed by atoms with Crippen molar-refractivity contribution >= 4 is 10.9 Å². The molecule has 0 saturated heterocycles. The summed E-state index contributed by atoms with van der Waals surface area (Å²) >= 11 is 0. The first kappa shape index (κ1) is 13.5. The topological polar surface area (TPSA) is 34.2 Å². The highest BCUT2D eigenvalue weighted by Gasteiger charge is 2.20. The molecule has 20 heavy (non-hydrogen) atoms. The predicted molar refractivity (Wildman–Crippen MR) is 81.6 cm³/mol. The Kier molecular flexibility index (Phi) is 4.61. The number of hydrogen-bond donors (Lipinski definition) is 1. The van der Waals surface area contributed by atoms with Crippen LogP contribution in [0.25, 0.3) is 10.9 Å². The zero-order valence-electron chi connectivity index (χ0n) is 11.8. The number of nitrogens with one attached hydrogen (secondary N) is 1. The van der Waals surface area contributed by atoms with Crippen LogP contribution in [-0.2, 0) is 11.3 Å². The van der Waals surface area contributed by atoms with Gasteiger partial charge in [-0.1, -0.05) is 24.3 Å². The normalized spacial score (nSPS) is 14.8. The molecule has 1 aromatic heterocycles. The van der Waals surface area contributed by atoms with E-state index in [-0.39, 0.29) is 0 Å². The van der Waals surface area contributed by atoms with E-state index in [1.54, 1.807) is 0 Å². The summed E-state index contributed by atoms with van der Waals surface area (Å²) in [5.74, 6) is 0.866. The van der Waals surface area contributed by atoms with Crippen LogP contribution in [-0.4, -0.2) is 24.7 Å². The quantitative estimate of drug-likeness (QED) is 0.748. The molecule has 1 aromatic carbocycles. The molecule has 0 atom stereocenters. The highest BCUT2D eigenvalue weighted by molar-refractivity contribution is 5.78. The molecule has 1 heterocycles. The Morgan fingerprint density at radius 1 is 1.15 bits per heavy atom. The van der Waals surface area contributed by atoms with Crippen molar-refractivity contribution in [3.63, 3.8) is 0 Å². The highest BCUT2D eigenvalue weighted by Crippen LogP contribution is 2.28. The molecule has 106 valence electrons. The number of hydrogen-bond acceptors (Lipinski definition) is 3. The summed E-state index contributed by atoms with van der Waals surface area (Å²) < 4.78 is 5.61. The van der Waals surface area contributed by atoms with E-state index in [1.165, 1.54) is 18.2 Å². The van der Waals surface area contributed by atoms with Gasteiger partial charge in [-0.25, -0.2) is 0 Å². The van der Waals surface area contributed by atoms with E-state index in [0.717, 1.165) is 49.9 Å². The third kappa shape index (κ3) is 4.02. The minimum Gasteiger partial charge on any atom is -0.381 e. The standard InChI is InChI=1S/C17H22N2O/c1-2-5-17-15(4-1)8-9-16(19-17)12-18-10-3-11-20-13-14-6-7-14/h1-2,4-5,8-9,14,18H,3,6-7,10-13H2. The fourth-order valence-corrected chi connectivity index (χ4v) is 2.26. The molecule has 1 aliphatic rings. The van der Waals surface area contributed by atoms with Crippen molar-refractivity contribution in [2.75, 3.05) is 19.8 Å². The summed E-state index contributed by atoms with van der Waals surface area (Å²) in [6.45, 7) is 3.65. The van der Waals surface area contributed by atoms with Gasteiger partial charge in [0.15, 0.2) is 0 Å². The minimum absolute atomic E-state index is 0.827. The molecule has 0 radical (unpaired) electrons. The van der Waals surface area contributed by atoms with Crippen molar-refractivity contribution in [2.45, 2.75) is 25.8 Å². The lowest BCUT2D eigenvalue weighted by molar-refractivity contribution is 0.122. The number of para-hydroxylation sites is 1. The van der Waals surface area contributed by atoms with Crippen LogP contribution in [0.1, 0.15) is 25.0 Å². The summed E-state index contributed by atoms with van der Waals surface area (Å²) in [7, 11) is 0. The van der Waals surface area contributed by atoms with Crippen LogP contribution < -0.4 is 5.32 Å². The Hall–Kier alpha value is -1.45. The number of aromatic nitrogens is 1. The van der Waals surface area contributed by atoms with E-state index >= 15 is 0 Å².